The molecular weight excluding hydrogens is 422 g/mol. The Morgan fingerprint density at radius 1 is 1.04 bits per heavy atom. The van der Waals surface area contributed by atoms with Gasteiger partial charge in [0.15, 0.2) is 9.84 Å². The Hall–Kier alpha value is -2.19. The lowest BCUT2D eigenvalue weighted by atomic mass is 10.2. The number of rotatable bonds is 8. The van der Waals surface area contributed by atoms with Crippen LogP contribution in [0.25, 0.3) is 0 Å². The molecule has 6 nitrogen and oxygen atoms in total. The van der Waals surface area contributed by atoms with Crippen LogP contribution in [0.5, 0.6) is 0 Å². The zero-order valence-electron chi connectivity index (χ0n) is 13.9. The molecule has 0 radical (unpaired) electrons. The predicted octanol–water partition coefficient (Wildman–Crippen LogP) is 2.59. The van der Waals surface area contributed by atoms with Gasteiger partial charge in [-0.2, -0.15) is 0 Å². The van der Waals surface area contributed by atoms with Crippen LogP contribution >= 0.6 is 15.9 Å². The average molecular weight is 440 g/mol. The number of hydrogen-bond donors (Lipinski definition) is 1. The number of nitrogens with one attached hydrogen (secondary N) is 1. The summed E-state index contributed by atoms with van der Waals surface area (Å²) in [5.74, 6) is -1.13. The number of halogens is 1. The zero-order valence-corrected chi connectivity index (χ0v) is 16.3. The summed E-state index contributed by atoms with van der Waals surface area (Å²) in [4.78, 5) is 23.8. The van der Waals surface area contributed by atoms with E-state index in [4.69, 9.17) is 4.74 Å². The van der Waals surface area contributed by atoms with E-state index in [0.29, 0.717) is 5.56 Å². The summed E-state index contributed by atoms with van der Waals surface area (Å²) in [7, 11) is -3.39. The van der Waals surface area contributed by atoms with Gasteiger partial charge in [0.05, 0.1) is 17.3 Å². The van der Waals surface area contributed by atoms with Crippen LogP contribution in [0, 0.1) is 0 Å². The van der Waals surface area contributed by atoms with Gasteiger partial charge in [-0.15, -0.1) is 0 Å². The fraction of sp³-hybridized carbons (Fsp3) is 0.222. The minimum absolute atomic E-state index is 0.0301. The number of benzene rings is 2. The van der Waals surface area contributed by atoms with Crippen LogP contribution in [0.15, 0.2) is 64.0 Å². The van der Waals surface area contributed by atoms with Gasteiger partial charge in [0.25, 0.3) is 5.91 Å². The number of hydrogen-bond acceptors (Lipinski definition) is 5. The highest BCUT2D eigenvalue weighted by Crippen LogP contribution is 2.12. The quantitative estimate of drug-likeness (QED) is 0.504. The lowest BCUT2D eigenvalue weighted by Gasteiger charge is -2.07. The third-order valence-corrected chi connectivity index (χ3v) is 5.71. The molecule has 0 saturated carbocycles. The highest BCUT2D eigenvalue weighted by atomic mass is 79.9. The molecule has 1 amide bonds. The molecular formula is C18H18BrNO5S. The first-order chi connectivity index (χ1) is 12.4. The smallest absolute Gasteiger partial charge is 0.325 e. The molecule has 0 aliphatic heterocycles. The van der Waals surface area contributed by atoms with Crippen LogP contribution in [-0.2, 0) is 19.4 Å². The largest absolute Gasteiger partial charge is 0.464 e. The SMILES string of the molecule is O=C(CNC(=O)c1cccc(Br)c1)OCCCS(=O)(=O)c1ccccc1. The lowest BCUT2D eigenvalue weighted by Crippen LogP contribution is -2.30. The van der Waals surface area contributed by atoms with E-state index in [1.165, 1.54) is 12.1 Å². The third kappa shape index (κ3) is 6.27. The summed E-state index contributed by atoms with van der Waals surface area (Å²) in [5.41, 5.74) is 0.418. The first-order valence-corrected chi connectivity index (χ1v) is 10.3. The van der Waals surface area contributed by atoms with Crippen LogP contribution in [0.3, 0.4) is 0 Å². The minimum Gasteiger partial charge on any atom is -0.464 e. The molecule has 2 rings (SSSR count). The van der Waals surface area contributed by atoms with Gasteiger partial charge in [0.2, 0.25) is 0 Å². The van der Waals surface area contributed by atoms with Gasteiger partial charge in [-0.25, -0.2) is 8.42 Å². The molecule has 0 saturated heterocycles. The average Bonchev–Trinajstić information content (AvgIpc) is 2.64. The Bertz CT molecular complexity index is 868. The minimum atomic E-state index is -3.39. The number of ether oxygens (including phenoxy) is 1. The molecule has 8 heteroatoms. The maximum Gasteiger partial charge on any atom is 0.325 e. The van der Waals surface area contributed by atoms with Gasteiger partial charge in [-0.3, -0.25) is 9.59 Å². The van der Waals surface area contributed by atoms with Crippen molar-refractivity contribution in [1.82, 2.24) is 5.32 Å². The monoisotopic (exact) mass is 439 g/mol. The fourth-order valence-electron chi connectivity index (χ4n) is 2.12. The van der Waals surface area contributed by atoms with E-state index in [0.717, 1.165) is 4.47 Å². The topological polar surface area (TPSA) is 89.5 Å². The first-order valence-electron chi connectivity index (χ1n) is 7.86. The summed E-state index contributed by atoms with van der Waals surface area (Å²) in [6.45, 7) is -0.311. The van der Waals surface area contributed by atoms with Crippen molar-refractivity contribution in [1.29, 1.82) is 0 Å². The molecule has 0 aliphatic carbocycles. The van der Waals surface area contributed by atoms with Crippen LogP contribution in [-0.4, -0.2) is 39.2 Å². The summed E-state index contributed by atoms with van der Waals surface area (Å²) in [5, 5.41) is 2.46. The molecule has 1 N–H and O–H groups in total. The molecule has 2 aromatic rings. The zero-order chi connectivity index (χ0) is 19.0. The van der Waals surface area contributed by atoms with E-state index in [1.54, 1.807) is 42.5 Å². The van der Waals surface area contributed by atoms with E-state index >= 15 is 0 Å². The molecule has 0 heterocycles. The molecule has 0 bridgehead atoms. The molecule has 0 fully saturated rings. The van der Waals surface area contributed by atoms with Crippen LogP contribution in [0.1, 0.15) is 16.8 Å². The van der Waals surface area contributed by atoms with Crippen LogP contribution < -0.4 is 5.32 Å². The molecule has 0 unspecified atom stereocenters. The molecule has 0 atom stereocenters. The van der Waals surface area contributed by atoms with Crippen molar-refractivity contribution >= 4 is 37.6 Å². The van der Waals surface area contributed by atoms with Crippen molar-refractivity contribution in [3.63, 3.8) is 0 Å². The van der Waals surface area contributed by atoms with E-state index < -0.39 is 21.7 Å². The van der Waals surface area contributed by atoms with Crippen LogP contribution in [0.2, 0.25) is 0 Å². The number of esters is 1. The standard InChI is InChI=1S/C18H18BrNO5S/c19-15-7-4-6-14(12-15)18(22)20-13-17(21)25-10-5-11-26(23,24)16-8-2-1-3-9-16/h1-4,6-9,12H,5,10-11,13H2,(H,20,22). The van der Waals surface area contributed by atoms with E-state index in [2.05, 4.69) is 21.2 Å². The van der Waals surface area contributed by atoms with Gasteiger partial charge in [0.1, 0.15) is 6.54 Å². The van der Waals surface area contributed by atoms with Crippen molar-refractivity contribution in [3.8, 4) is 0 Å². The highest BCUT2D eigenvalue weighted by Gasteiger charge is 2.14. The summed E-state index contributed by atoms with van der Waals surface area (Å²) in [6.07, 6.45) is 0.183. The molecule has 0 spiro atoms. The Kier molecular flexibility index (Phi) is 7.35. The second-order valence-corrected chi connectivity index (χ2v) is 8.42. The van der Waals surface area contributed by atoms with E-state index in [-0.39, 0.29) is 30.2 Å². The predicted molar refractivity (Wildman–Crippen MR) is 101 cm³/mol. The first kappa shape index (κ1) is 20.1. The van der Waals surface area contributed by atoms with Crippen molar-refractivity contribution in [2.75, 3.05) is 18.9 Å². The molecule has 0 aliphatic rings. The molecule has 0 aromatic heterocycles. The Labute approximate surface area is 160 Å². The highest BCUT2D eigenvalue weighted by molar-refractivity contribution is 9.10. The summed E-state index contributed by atoms with van der Waals surface area (Å²) < 4.78 is 29.9. The van der Waals surface area contributed by atoms with Crippen molar-refractivity contribution in [2.24, 2.45) is 0 Å². The Morgan fingerprint density at radius 3 is 2.46 bits per heavy atom. The normalized spacial score (nSPS) is 11.0. The lowest BCUT2D eigenvalue weighted by molar-refractivity contribution is -0.142. The van der Waals surface area contributed by atoms with Crippen molar-refractivity contribution < 1.29 is 22.7 Å². The van der Waals surface area contributed by atoms with Gasteiger partial charge in [-0.05, 0) is 36.8 Å². The third-order valence-electron chi connectivity index (χ3n) is 3.40. The second-order valence-electron chi connectivity index (χ2n) is 5.40. The number of carbonyl (C=O) groups is 2. The number of carbonyl (C=O) groups excluding carboxylic acids is 2. The van der Waals surface area contributed by atoms with E-state index in [1.807, 2.05) is 0 Å². The van der Waals surface area contributed by atoms with Gasteiger partial charge >= 0.3 is 5.97 Å². The van der Waals surface area contributed by atoms with Crippen molar-refractivity contribution in [2.45, 2.75) is 11.3 Å². The van der Waals surface area contributed by atoms with Gasteiger partial charge in [0, 0.05) is 10.0 Å². The molecule has 26 heavy (non-hydrogen) atoms. The number of sulfone groups is 1. The number of amides is 1. The van der Waals surface area contributed by atoms with Crippen molar-refractivity contribution in [3.05, 3.63) is 64.6 Å². The van der Waals surface area contributed by atoms with Crippen LogP contribution in [0.4, 0.5) is 0 Å². The van der Waals surface area contributed by atoms with E-state index in [9.17, 15) is 18.0 Å². The fourth-order valence-corrected chi connectivity index (χ4v) is 3.82. The van der Waals surface area contributed by atoms with Gasteiger partial charge < -0.3 is 10.1 Å². The maximum absolute atomic E-state index is 12.1. The second kappa shape index (κ2) is 9.49. The molecule has 2 aromatic carbocycles. The maximum atomic E-state index is 12.1. The summed E-state index contributed by atoms with van der Waals surface area (Å²) in [6, 6.07) is 14.9. The Balaban J connectivity index is 1.70. The summed E-state index contributed by atoms with van der Waals surface area (Å²) >= 11 is 3.26. The van der Waals surface area contributed by atoms with Gasteiger partial charge in [-0.1, -0.05) is 40.2 Å². The molecule has 138 valence electrons. The Morgan fingerprint density at radius 2 is 1.77 bits per heavy atom.